The van der Waals surface area contributed by atoms with Crippen molar-refractivity contribution in [3.8, 4) is 0 Å². The summed E-state index contributed by atoms with van der Waals surface area (Å²) < 4.78 is 5.02. The molecule has 2 aromatic rings. The number of carbonyl (C=O) groups is 1. The van der Waals surface area contributed by atoms with Crippen molar-refractivity contribution in [2.24, 2.45) is 0 Å². The Hall–Kier alpha value is -2.47. The fraction of sp³-hybridized carbons (Fsp3) is 0.267. The van der Waals surface area contributed by atoms with Crippen molar-refractivity contribution in [2.45, 2.75) is 13.3 Å². The van der Waals surface area contributed by atoms with Crippen LogP contribution in [0.15, 0.2) is 30.3 Å². The van der Waals surface area contributed by atoms with E-state index >= 15 is 0 Å². The Morgan fingerprint density at radius 3 is 2.86 bits per heavy atom. The lowest BCUT2D eigenvalue weighted by molar-refractivity contribution is 0.0697. The molecule has 0 saturated carbocycles. The topological polar surface area (TPSA) is 84.3 Å². The number of hydrogen-bond donors (Lipinski definition) is 2. The summed E-state index contributed by atoms with van der Waals surface area (Å²) in [5.41, 5.74) is 1.74. The normalized spacial score (nSPS) is 10.4. The smallest absolute Gasteiger partial charge is 0.335 e. The third-order valence-corrected chi connectivity index (χ3v) is 2.81. The molecular formula is C15H17N3O3. The largest absolute Gasteiger partial charge is 0.478 e. The second kappa shape index (κ2) is 6.81. The van der Waals surface area contributed by atoms with Gasteiger partial charge in [0.2, 0.25) is 0 Å². The molecule has 1 aromatic heterocycles. The molecule has 0 aliphatic carbocycles. The van der Waals surface area contributed by atoms with Gasteiger partial charge in [-0.2, -0.15) is 0 Å². The first kappa shape index (κ1) is 14.9. The zero-order valence-electron chi connectivity index (χ0n) is 12.0. The van der Waals surface area contributed by atoms with E-state index in [2.05, 4.69) is 15.3 Å². The molecule has 0 radical (unpaired) electrons. The summed E-state index contributed by atoms with van der Waals surface area (Å²) in [5, 5.41) is 12.1. The first-order chi connectivity index (χ1) is 10.1. The Morgan fingerprint density at radius 1 is 1.33 bits per heavy atom. The molecular weight excluding hydrogens is 270 g/mol. The molecule has 0 bridgehead atoms. The summed E-state index contributed by atoms with van der Waals surface area (Å²) in [4.78, 5) is 19.7. The molecule has 1 heterocycles. The van der Waals surface area contributed by atoms with Crippen LogP contribution in [0.4, 0.5) is 11.5 Å². The third kappa shape index (κ3) is 4.25. The predicted octanol–water partition coefficient (Wildman–Crippen LogP) is 2.42. The van der Waals surface area contributed by atoms with E-state index in [1.165, 1.54) is 0 Å². The van der Waals surface area contributed by atoms with Crippen molar-refractivity contribution in [1.29, 1.82) is 0 Å². The average Bonchev–Trinajstić information content (AvgIpc) is 2.45. The van der Waals surface area contributed by atoms with E-state index in [1.54, 1.807) is 31.4 Å². The fourth-order valence-electron chi connectivity index (χ4n) is 1.88. The number of aromatic nitrogens is 2. The summed E-state index contributed by atoms with van der Waals surface area (Å²) in [7, 11) is 1.63. The van der Waals surface area contributed by atoms with E-state index < -0.39 is 5.97 Å². The highest BCUT2D eigenvalue weighted by molar-refractivity contribution is 5.89. The van der Waals surface area contributed by atoms with Crippen molar-refractivity contribution < 1.29 is 14.6 Å². The molecule has 21 heavy (non-hydrogen) atoms. The summed E-state index contributed by atoms with van der Waals surface area (Å²) in [6.45, 7) is 2.44. The maximum Gasteiger partial charge on any atom is 0.335 e. The Balaban J connectivity index is 2.20. The van der Waals surface area contributed by atoms with E-state index in [0.29, 0.717) is 30.4 Å². The van der Waals surface area contributed by atoms with Gasteiger partial charge in [-0.05, 0) is 25.1 Å². The number of nitrogens with zero attached hydrogens (tertiary/aromatic N) is 2. The lowest BCUT2D eigenvalue weighted by Crippen LogP contribution is -2.05. The van der Waals surface area contributed by atoms with Crippen molar-refractivity contribution in [3.63, 3.8) is 0 Å². The standard InChI is InChI=1S/C15H17N3O3/c1-10-8-14(18-13(16-10)6-7-21-2)17-12-5-3-4-11(9-12)15(19)20/h3-5,8-9H,6-7H2,1-2H3,(H,19,20)(H,16,17,18). The molecule has 0 aliphatic heterocycles. The van der Waals surface area contributed by atoms with Gasteiger partial charge >= 0.3 is 5.97 Å². The van der Waals surface area contributed by atoms with Crippen LogP contribution in [0, 0.1) is 6.92 Å². The van der Waals surface area contributed by atoms with Gasteiger partial charge in [-0.1, -0.05) is 6.07 Å². The number of methoxy groups -OCH3 is 1. The summed E-state index contributed by atoms with van der Waals surface area (Å²) in [5.74, 6) is 0.364. The number of nitrogens with one attached hydrogen (secondary N) is 1. The molecule has 0 fully saturated rings. The van der Waals surface area contributed by atoms with E-state index in [1.807, 2.05) is 13.0 Å². The van der Waals surface area contributed by atoms with Crippen LogP contribution >= 0.6 is 0 Å². The quantitative estimate of drug-likeness (QED) is 0.848. The number of aromatic carboxylic acids is 1. The molecule has 0 unspecified atom stereocenters. The van der Waals surface area contributed by atoms with Gasteiger partial charge in [-0.3, -0.25) is 0 Å². The minimum Gasteiger partial charge on any atom is -0.478 e. The maximum atomic E-state index is 11.0. The van der Waals surface area contributed by atoms with E-state index in [9.17, 15) is 4.79 Å². The van der Waals surface area contributed by atoms with Crippen molar-refractivity contribution in [1.82, 2.24) is 9.97 Å². The molecule has 110 valence electrons. The molecule has 6 nitrogen and oxygen atoms in total. The number of hydrogen-bond acceptors (Lipinski definition) is 5. The summed E-state index contributed by atoms with van der Waals surface area (Å²) in [6.07, 6.45) is 0.627. The number of carboxylic acids is 1. The van der Waals surface area contributed by atoms with Crippen LogP contribution in [0.3, 0.4) is 0 Å². The molecule has 0 aliphatic rings. The van der Waals surface area contributed by atoms with E-state index in [4.69, 9.17) is 9.84 Å². The molecule has 0 atom stereocenters. The van der Waals surface area contributed by atoms with Crippen LogP contribution in [0.1, 0.15) is 21.9 Å². The van der Waals surface area contributed by atoms with Crippen LogP contribution in [0.25, 0.3) is 0 Å². The number of carboxylic acid groups (broad SMARTS) is 1. The first-order valence-electron chi connectivity index (χ1n) is 6.52. The van der Waals surface area contributed by atoms with E-state index in [0.717, 1.165) is 5.69 Å². The molecule has 6 heteroatoms. The van der Waals surface area contributed by atoms with E-state index in [-0.39, 0.29) is 5.56 Å². The Kier molecular flexibility index (Phi) is 4.84. The average molecular weight is 287 g/mol. The third-order valence-electron chi connectivity index (χ3n) is 2.81. The lowest BCUT2D eigenvalue weighted by Gasteiger charge is -2.09. The van der Waals surface area contributed by atoms with Crippen molar-refractivity contribution >= 4 is 17.5 Å². The second-order valence-corrected chi connectivity index (χ2v) is 4.56. The molecule has 0 amide bonds. The van der Waals surface area contributed by atoms with Crippen LogP contribution in [0.2, 0.25) is 0 Å². The Bertz CT molecular complexity index is 644. The monoisotopic (exact) mass is 287 g/mol. The minimum absolute atomic E-state index is 0.227. The van der Waals surface area contributed by atoms with Gasteiger partial charge < -0.3 is 15.2 Å². The molecule has 1 aromatic carbocycles. The van der Waals surface area contributed by atoms with Crippen LogP contribution < -0.4 is 5.32 Å². The minimum atomic E-state index is -0.960. The molecule has 0 saturated heterocycles. The zero-order chi connectivity index (χ0) is 15.2. The lowest BCUT2D eigenvalue weighted by atomic mass is 10.2. The van der Waals surface area contributed by atoms with Crippen LogP contribution in [-0.2, 0) is 11.2 Å². The highest BCUT2D eigenvalue weighted by Crippen LogP contribution is 2.17. The highest BCUT2D eigenvalue weighted by Gasteiger charge is 2.06. The van der Waals surface area contributed by atoms with Crippen LogP contribution in [0.5, 0.6) is 0 Å². The predicted molar refractivity (Wildman–Crippen MR) is 79.0 cm³/mol. The number of ether oxygens (including phenoxy) is 1. The van der Waals surface area contributed by atoms with Crippen LogP contribution in [-0.4, -0.2) is 34.8 Å². The highest BCUT2D eigenvalue weighted by atomic mass is 16.5. The van der Waals surface area contributed by atoms with Gasteiger partial charge in [0.25, 0.3) is 0 Å². The van der Waals surface area contributed by atoms with Gasteiger partial charge in [-0.25, -0.2) is 14.8 Å². The summed E-state index contributed by atoms with van der Waals surface area (Å²) in [6, 6.07) is 8.39. The molecule has 2 rings (SSSR count). The van der Waals surface area contributed by atoms with Gasteiger partial charge in [0, 0.05) is 31.0 Å². The zero-order valence-corrected chi connectivity index (χ0v) is 12.0. The maximum absolute atomic E-state index is 11.0. The van der Waals surface area contributed by atoms with Gasteiger partial charge in [0.1, 0.15) is 11.6 Å². The second-order valence-electron chi connectivity index (χ2n) is 4.56. The molecule has 2 N–H and O–H groups in total. The SMILES string of the molecule is COCCc1nc(C)cc(Nc2cccc(C(=O)O)c2)n1. The van der Waals surface area contributed by atoms with Crippen molar-refractivity contribution in [3.05, 3.63) is 47.4 Å². The Labute approximate surface area is 122 Å². The molecule has 0 spiro atoms. The number of benzene rings is 1. The number of rotatable bonds is 6. The van der Waals surface area contributed by atoms with Crippen molar-refractivity contribution in [2.75, 3.05) is 19.0 Å². The number of anilines is 2. The van der Waals surface area contributed by atoms with Gasteiger partial charge in [0.05, 0.1) is 12.2 Å². The Morgan fingerprint density at radius 2 is 2.14 bits per heavy atom. The van der Waals surface area contributed by atoms with Gasteiger partial charge in [0.15, 0.2) is 0 Å². The number of aryl methyl sites for hydroxylation is 1. The first-order valence-corrected chi connectivity index (χ1v) is 6.52. The fourth-order valence-corrected chi connectivity index (χ4v) is 1.88. The van der Waals surface area contributed by atoms with Gasteiger partial charge in [-0.15, -0.1) is 0 Å². The summed E-state index contributed by atoms with van der Waals surface area (Å²) >= 11 is 0.